The molecule has 2 heterocycles. The summed E-state index contributed by atoms with van der Waals surface area (Å²) in [4.78, 5) is 19.1. The molecule has 5 nitrogen and oxygen atoms in total. The van der Waals surface area contributed by atoms with Gasteiger partial charge in [-0.05, 0) is 36.2 Å². The number of hydrogen-bond acceptors (Lipinski definition) is 4. The van der Waals surface area contributed by atoms with Crippen molar-refractivity contribution in [2.24, 2.45) is 0 Å². The monoisotopic (exact) mass is 359 g/mol. The second kappa shape index (κ2) is 7.50. The Hall–Kier alpha value is -3.34. The molecule has 1 aliphatic rings. The highest BCUT2D eigenvalue weighted by atomic mass is 16.5. The average Bonchev–Trinajstić information content (AvgIpc) is 3.16. The maximum absolute atomic E-state index is 12.6. The van der Waals surface area contributed by atoms with Crippen LogP contribution in [-0.2, 0) is 13.0 Å². The van der Waals surface area contributed by atoms with Gasteiger partial charge in [0, 0.05) is 36.2 Å². The molecule has 0 fully saturated rings. The smallest absolute Gasteiger partial charge is 0.270 e. The van der Waals surface area contributed by atoms with E-state index < -0.39 is 0 Å². The Morgan fingerprint density at radius 2 is 1.96 bits per heavy atom. The summed E-state index contributed by atoms with van der Waals surface area (Å²) in [5, 5.41) is 2.93. The van der Waals surface area contributed by atoms with E-state index >= 15 is 0 Å². The summed E-state index contributed by atoms with van der Waals surface area (Å²) < 4.78 is 5.33. The maximum atomic E-state index is 12.6. The van der Waals surface area contributed by atoms with Crippen molar-refractivity contribution in [1.82, 2.24) is 10.3 Å². The number of ether oxygens (including phenoxy) is 1. The molecule has 0 unspecified atom stereocenters. The third-order valence-corrected chi connectivity index (χ3v) is 4.81. The number of carbonyl (C=O) groups is 1. The van der Waals surface area contributed by atoms with Crippen LogP contribution in [0.25, 0.3) is 0 Å². The maximum Gasteiger partial charge on any atom is 0.270 e. The van der Waals surface area contributed by atoms with Crippen molar-refractivity contribution in [1.29, 1.82) is 0 Å². The third-order valence-electron chi connectivity index (χ3n) is 4.81. The molecule has 27 heavy (non-hydrogen) atoms. The molecule has 1 aliphatic heterocycles. The lowest BCUT2D eigenvalue weighted by atomic mass is 10.2. The Morgan fingerprint density at radius 3 is 2.85 bits per heavy atom. The van der Waals surface area contributed by atoms with Crippen LogP contribution in [0.4, 0.5) is 11.4 Å². The lowest BCUT2D eigenvalue weighted by Gasteiger charge is -2.20. The number of benzene rings is 2. The van der Waals surface area contributed by atoms with Gasteiger partial charge >= 0.3 is 0 Å². The van der Waals surface area contributed by atoms with Crippen molar-refractivity contribution in [2.75, 3.05) is 18.6 Å². The largest absolute Gasteiger partial charge is 0.496 e. The minimum atomic E-state index is -0.199. The van der Waals surface area contributed by atoms with Gasteiger partial charge in [-0.3, -0.25) is 9.78 Å². The fourth-order valence-corrected chi connectivity index (χ4v) is 3.43. The molecule has 1 amide bonds. The van der Waals surface area contributed by atoms with Gasteiger partial charge in [-0.2, -0.15) is 0 Å². The van der Waals surface area contributed by atoms with E-state index in [0.717, 1.165) is 30.0 Å². The number of hydrogen-bond donors (Lipinski definition) is 1. The van der Waals surface area contributed by atoms with Gasteiger partial charge in [0.15, 0.2) is 0 Å². The molecule has 2 aromatic carbocycles. The molecular weight excluding hydrogens is 338 g/mol. The van der Waals surface area contributed by atoms with E-state index in [2.05, 4.69) is 33.4 Å². The second-order valence-electron chi connectivity index (χ2n) is 6.42. The van der Waals surface area contributed by atoms with Crippen LogP contribution < -0.4 is 15.0 Å². The minimum Gasteiger partial charge on any atom is -0.496 e. The number of fused-ring (bicyclic) bond motifs is 1. The Bertz CT molecular complexity index is 971. The molecule has 136 valence electrons. The number of nitrogens with one attached hydrogen (secondary N) is 1. The molecule has 0 saturated carbocycles. The summed E-state index contributed by atoms with van der Waals surface area (Å²) in [5.41, 5.74) is 4.85. The number of amides is 1. The quantitative estimate of drug-likeness (QED) is 0.754. The Morgan fingerprint density at radius 1 is 1.15 bits per heavy atom. The average molecular weight is 359 g/mol. The second-order valence-corrected chi connectivity index (χ2v) is 6.42. The number of anilines is 2. The SMILES string of the molecule is COc1ccccc1CNC(=O)c1cc(N2CCc3ccccc32)ccn1. The molecule has 0 radical (unpaired) electrons. The van der Waals surface area contributed by atoms with Crippen LogP contribution in [0.1, 0.15) is 21.6 Å². The van der Waals surface area contributed by atoms with Crippen LogP contribution >= 0.6 is 0 Å². The minimum absolute atomic E-state index is 0.199. The first-order valence-electron chi connectivity index (χ1n) is 8.98. The molecule has 4 rings (SSSR count). The van der Waals surface area contributed by atoms with E-state index in [9.17, 15) is 4.79 Å². The van der Waals surface area contributed by atoms with Crippen LogP contribution in [0, 0.1) is 0 Å². The lowest BCUT2D eigenvalue weighted by molar-refractivity contribution is 0.0945. The number of para-hydroxylation sites is 2. The van der Waals surface area contributed by atoms with Gasteiger partial charge in [-0.1, -0.05) is 36.4 Å². The fraction of sp³-hybridized carbons (Fsp3) is 0.182. The highest BCUT2D eigenvalue weighted by Gasteiger charge is 2.20. The molecule has 0 bridgehead atoms. The van der Waals surface area contributed by atoms with Crippen molar-refractivity contribution in [3.8, 4) is 5.75 Å². The first-order chi connectivity index (χ1) is 13.3. The van der Waals surface area contributed by atoms with Gasteiger partial charge in [-0.25, -0.2) is 0 Å². The van der Waals surface area contributed by atoms with Gasteiger partial charge in [0.25, 0.3) is 5.91 Å². The van der Waals surface area contributed by atoms with Gasteiger partial charge in [-0.15, -0.1) is 0 Å². The summed E-state index contributed by atoms with van der Waals surface area (Å²) in [6.45, 7) is 1.30. The van der Waals surface area contributed by atoms with Gasteiger partial charge < -0.3 is 15.0 Å². The summed E-state index contributed by atoms with van der Waals surface area (Å²) in [6, 6.07) is 19.8. The van der Waals surface area contributed by atoms with Crippen molar-refractivity contribution in [3.05, 3.63) is 83.7 Å². The molecule has 0 spiro atoms. The van der Waals surface area contributed by atoms with Crippen molar-refractivity contribution in [3.63, 3.8) is 0 Å². The Labute approximate surface area is 158 Å². The fourth-order valence-electron chi connectivity index (χ4n) is 3.43. The molecule has 0 aliphatic carbocycles. The predicted molar refractivity (Wildman–Crippen MR) is 106 cm³/mol. The highest BCUT2D eigenvalue weighted by Crippen LogP contribution is 2.34. The molecule has 1 aromatic heterocycles. The standard InChI is InChI=1S/C22H21N3O2/c1-27-21-9-5-3-7-17(21)15-24-22(26)19-14-18(10-12-23-19)25-13-11-16-6-2-4-8-20(16)25/h2-10,12,14H,11,13,15H2,1H3,(H,24,26). The number of carbonyl (C=O) groups excluding carboxylic acids is 1. The summed E-state index contributed by atoms with van der Waals surface area (Å²) in [6.07, 6.45) is 2.70. The zero-order valence-corrected chi connectivity index (χ0v) is 15.2. The molecular formula is C22H21N3O2. The van der Waals surface area contributed by atoms with Gasteiger partial charge in [0.1, 0.15) is 11.4 Å². The van der Waals surface area contributed by atoms with E-state index in [4.69, 9.17) is 4.74 Å². The predicted octanol–water partition coefficient (Wildman–Crippen LogP) is 3.71. The summed E-state index contributed by atoms with van der Waals surface area (Å²) in [7, 11) is 1.62. The van der Waals surface area contributed by atoms with Gasteiger partial charge in [0.05, 0.1) is 7.11 Å². The van der Waals surface area contributed by atoms with E-state index in [1.165, 1.54) is 11.3 Å². The van der Waals surface area contributed by atoms with E-state index in [1.807, 2.05) is 42.5 Å². The topological polar surface area (TPSA) is 54.5 Å². The van der Waals surface area contributed by atoms with Crippen molar-refractivity contribution < 1.29 is 9.53 Å². The summed E-state index contributed by atoms with van der Waals surface area (Å²) >= 11 is 0. The van der Waals surface area contributed by atoms with Crippen LogP contribution in [0.3, 0.4) is 0 Å². The number of rotatable bonds is 5. The Balaban J connectivity index is 1.50. The van der Waals surface area contributed by atoms with Crippen molar-refractivity contribution >= 4 is 17.3 Å². The molecule has 3 aromatic rings. The normalized spacial score (nSPS) is 12.6. The van der Waals surface area contributed by atoms with Crippen LogP contribution in [-0.4, -0.2) is 24.5 Å². The van der Waals surface area contributed by atoms with E-state index in [1.54, 1.807) is 13.3 Å². The Kier molecular flexibility index (Phi) is 4.75. The lowest BCUT2D eigenvalue weighted by Crippen LogP contribution is -2.24. The number of aromatic nitrogens is 1. The van der Waals surface area contributed by atoms with Crippen molar-refractivity contribution in [2.45, 2.75) is 13.0 Å². The van der Waals surface area contributed by atoms with Gasteiger partial charge in [0.2, 0.25) is 0 Å². The van der Waals surface area contributed by atoms with E-state index in [-0.39, 0.29) is 5.91 Å². The molecule has 5 heteroatoms. The molecule has 1 N–H and O–H groups in total. The van der Waals surface area contributed by atoms with E-state index in [0.29, 0.717) is 12.2 Å². The number of nitrogens with zero attached hydrogens (tertiary/aromatic N) is 2. The summed E-state index contributed by atoms with van der Waals surface area (Å²) in [5.74, 6) is 0.559. The highest BCUT2D eigenvalue weighted by molar-refractivity contribution is 5.93. The molecule has 0 saturated heterocycles. The first kappa shape index (κ1) is 17.1. The third kappa shape index (κ3) is 3.49. The zero-order valence-electron chi connectivity index (χ0n) is 15.2. The van der Waals surface area contributed by atoms with Crippen LogP contribution in [0.5, 0.6) is 5.75 Å². The molecule has 0 atom stereocenters. The van der Waals surface area contributed by atoms with Crippen LogP contribution in [0.2, 0.25) is 0 Å². The number of pyridine rings is 1. The van der Waals surface area contributed by atoms with Crippen LogP contribution in [0.15, 0.2) is 66.9 Å². The first-order valence-corrected chi connectivity index (χ1v) is 8.98. The number of methoxy groups -OCH3 is 1. The zero-order chi connectivity index (χ0) is 18.6.